The summed E-state index contributed by atoms with van der Waals surface area (Å²) in [6.45, 7) is 2.09. The van der Waals surface area contributed by atoms with Crippen LogP contribution >= 0.6 is 22.9 Å². The average Bonchev–Trinajstić information content (AvgIpc) is 2.91. The fourth-order valence-corrected chi connectivity index (χ4v) is 2.91. The molecule has 1 heterocycles. The molecule has 2 aromatic rings. The van der Waals surface area contributed by atoms with Gasteiger partial charge in [0.1, 0.15) is 0 Å². The number of thiophene rings is 1. The number of nitrogens with one attached hydrogen (secondary N) is 1. The first-order chi connectivity index (χ1) is 9.11. The van der Waals surface area contributed by atoms with Crippen molar-refractivity contribution in [1.29, 1.82) is 0 Å². The molecule has 0 saturated heterocycles. The Hall–Kier alpha value is -1.52. The van der Waals surface area contributed by atoms with Crippen LogP contribution < -0.4 is 5.32 Å². The van der Waals surface area contributed by atoms with Gasteiger partial charge in [-0.05, 0) is 36.1 Å². The van der Waals surface area contributed by atoms with Crippen LogP contribution in [0.4, 0.5) is 5.69 Å². The summed E-state index contributed by atoms with van der Waals surface area (Å²) in [6.07, 6.45) is 0.928. The number of hydrogen-bond acceptors (Lipinski definition) is 3. The summed E-state index contributed by atoms with van der Waals surface area (Å²) in [4.78, 5) is 12.1. The molecule has 100 valence electrons. The molecule has 0 saturated carbocycles. The first-order valence-electron chi connectivity index (χ1n) is 5.94. The van der Waals surface area contributed by atoms with Crippen molar-refractivity contribution in [2.75, 3.05) is 5.32 Å². The minimum Gasteiger partial charge on any atom is -0.478 e. The van der Waals surface area contributed by atoms with Crippen LogP contribution in [0.2, 0.25) is 5.02 Å². The molecule has 0 amide bonds. The molecule has 0 aliphatic carbocycles. The van der Waals surface area contributed by atoms with Gasteiger partial charge in [-0.3, -0.25) is 0 Å². The highest BCUT2D eigenvalue weighted by atomic mass is 35.5. The molecule has 5 heteroatoms. The quantitative estimate of drug-likeness (QED) is 0.843. The standard InChI is InChI=1S/C14H14ClNO2S/c1-2-11(13-4-3-7-19-13)16-12-6-5-9(14(17)18)8-10(12)15/h3-8,11,16H,2H2,1H3,(H,17,18). The normalized spacial score (nSPS) is 12.1. The molecule has 0 aliphatic rings. The number of halogens is 1. The molecule has 1 aromatic carbocycles. The Bertz CT molecular complexity index is 569. The lowest BCUT2D eigenvalue weighted by Gasteiger charge is -2.18. The van der Waals surface area contributed by atoms with Crippen molar-refractivity contribution in [3.05, 3.63) is 51.2 Å². The largest absolute Gasteiger partial charge is 0.478 e. The van der Waals surface area contributed by atoms with Crippen molar-refractivity contribution in [3.63, 3.8) is 0 Å². The molecule has 0 fully saturated rings. The summed E-state index contributed by atoms with van der Waals surface area (Å²) >= 11 is 7.80. The van der Waals surface area contributed by atoms with E-state index in [0.717, 1.165) is 12.1 Å². The van der Waals surface area contributed by atoms with E-state index in [1.54, 1.807) is 23.5 Å². The van der Waals surface area contributed by atoms with Gasteiger partial charge in [0.05, 0.1) is 22.3 Å². The van der Waals surface area contributed by atoms with E-state index < -0.39 is 5.97 Å². The fraction of sp³-hybridized carbons (Fsp3) is 0.214. The Morgan fingerprint density at radius 3 is 2.79 bits per heavy atom. The first-order valence-corrected chi connectivity index (χ1v) is 7.20. The predicted octanol–water partition coefficient (Wildman–Crippen LogP) is 4.66. The number of hydrogen-bond donors (Lipinski definition) is 2. The molecule has 0 spiro atoms. The molecule has 1 unspecified atom stereocenters. The monoisotopic (exact) mass is 295 g/mol. The van der Waals surface area contributed by atoms with Gasteiger partial charge < -0.3 is 10.4 Å². The lowest BCUT2D eigenvalue weighted by atomic mass is 10.1. The minimum absolute atomic E-state index is 0.188. The minimum atomic E-state index is -0.973. The van der Waals surface area contributed by atoms with E-state index in [1.165, 1.54) is 10.9 Å². The van der Waals surface area contributed by atoms with Gasteiger partial charge in [-0.25, -0.2) is 4.79 Å². The van der Waals surface area contributed by atoms with Crippen molar-refractivity contribution in [2.45, 2.75) is 19.4 Å². The maximum absolute atomic E-state index is 10.9. The number of aromatic carboxylic acids is 1. The third-order valence-electron chi connectivity index (χ3n) is 2.84. The van der Waals surface area contributed by atoms with Gasteiger partial charge in [0, 0.05) is 4.88 Å². The fourth-order valence-electron chi connectivity index (χ4n) is 1.82. The predicted molar refractivity (Wildman–Crippen MR) is 79.4 cm³/mol. The van der Waals surface area contributed by atoms with E-state index in [9.17, 15) is 4.79 Å². The number of carboxylic acid groups (broad SMARTS) is 1. The second-order valence-corrected chi connectivity index (χ2v) is 5.51. The highest BCUT2D eigenvalue weighted by Crippen LogP contribution is 2.30. The van der Waals surface area contributed by atoms with Gasteiger partial charge in [0.2, 0.25) is 0 Å². The second-order valence-electron chi connectivity index (χ2n) is 4.12. The third-order valence-corrected chi connectivity index (χ3v) is 4.14. The molecule has 3 nitrogen and oxygen atoms in total. The number of anilines is 1. The van der Waals surface area contributed by atoms with Crippen LogP contribution in [-0.4, -0.2) is 11.1 Å². The molecular weight excluding hydrogens is 282 g/mol. The third kappa shape index (κ3) is 3.28. The van der Waals surface area contributed by atoms with Crippen LogP contribution in [0.25, 0.3) is 0 Å². The van der Waals surface area contributed by atoms with Crippen molar-refractivity contribution in [3.8, 4) is 0 Å². The van der Waals surface area contributed by atoms with Gasteiger partial charge >= 0.3 is 5.97 Å². The zero-order valence-corrected chi connectivity index (χ0v) is 12.0. The summed E-state index contributed by atoms with van der Waals surface area (Å²) in [6, 6.07) is 9.01. The van der Waals surface area contributed by atoms with Crippen LogP contribution in [0.5, 0.6) is 0 Å². The highest BCUT2D eigenvalue weighted by molar-refractivity contribution is 7.10. The summed E-state index contributed by atoms with van der Waals surface area (Å²) in [5.74, 6) is -0.973. The molecule has 1 aromatic heterocycles. The Morgan fingerprint density at radius 1 is 1.47 bits per heavy atom. The molecule has 2 rings (SSSR count). The van der Waals surface area contributed by atoms with Gasteiger partial charge in [0.15, 0.2) is 0 Å². The summed E-state index contributed by atoms with van der Waals surface area (Å²) in [5.41, 5.74) is 0.951. The van der Waals surface area contributed by atoms with Crippen LogP contribution in [0, 0.1) is 0 Å². The van der Waals surface area contributed by atoms with Crippen LogP contribution in [-0.2, 0) is 0 Å². The number of carbonyl (C=O) groups is 1. The van der Waals surface area contributed by atoms with E-state index >= 15 is 0 Å². The average molecular weight is 296 g/mol. The van der Waals surface area contributed by atoms with E-state index in [4.69, 9.17) is 16.7 Å². The first kappa shape index (κ1) is 13.9. The number of benzene rings is 1. The molecule has 19 heavy (non-hydrogen) atoms. The van der Waals surface area contributed by atoms with Gasteiger partial charge in [0.25, 0.3) is 0 Å². The van der Waals surface area contributed by atoms with Crippen molar-refractivity contribution in [1.82, 2.24) is 0 Å². The van der Waals surface area contributed by atoms with Crippen LogP contribution in [0.15, 0.2) is 35.7 Å². The molecule has 0 aliphatic heterocycles. The maximum Gasteiger partial charge on any atom is 0.335 e. The number of rotatable bonds is 5. The van der Waals surface area contributed by atoms with Crippen LogP contribution in [0.1, 0.15) is 34.6 Å². The van der Waals surface area contributed by atoms with E-state index in [1.807, 2.05) is 11.4 Å². The van der Waals surface area contributed by atoms with Crippen molar-refractivity contribution >= 4 is 34.6 Å². The Balaban J connectivity index is 2.21. The van der Waals surface area contributed by atoms with Crippen molar-refractivity contribution in [2.24, 2.45) is 0 Å². The molecule has 2 N–H and O–H groups in total. The lowest BCUT2D eigenvalue weighted by molar-refractivity contribution is 0.0697. The van der Waals surface area contributed by atoms with Gasteiger partial charge in [-0.15, -0.1) is 11.3 Å². The second kappa shape index (κ2) is 6.08. The topological polar surface area (TPSA) is 49.3 Å². The SMILES string of the molecule is CCC(Nc1ccc(C(=O)O)cc1Cl)c1cccs1. The molecular formula is C14H14ClNO2S. The number of carboxylic acids is 1. The molecule has 0 bridgehead atoms. The molecule has 1 atom stereocenters. The van der Waals surface area contributed by atoms with Crippen molar-refractivity contribution < 1.29 is 9.90 Å². The Labute approximate surface area is 120 Å². The Kier molecular flexibility index (Phi) is 4.45. The zero-order valence-electron chi connectivity index (χ0n) is 10.4. The Morgan fingerprint density at radius 2 is 2.26 bits per heavy atom. The van der Waals surface area contributed by atoms with Gasteiger partial charge in [-0.2, -0.15) is 0 Å². The van der Waals surface area contributed by atoms with E-state index in [0.29, 0.717) is 5.02 Å². The van der Waals surface area contributed by atoms with Crippen LogP contribution in [0.3, 0.4) is 0 Å². The summed E-state index contributed by atoms with van der Waals surface area (Å²) < 4.78 is 0. The summed E-state index contributed by atoms with van der Waals surface area (Å²) in [5, 5.41) is 14.7. The van der Waals surface area contributed by atoms with Gasteiger partial charge in [-0.1, -0.05) is 24.6 Å². The molecule has 0 radical (unpaired) electrons. The van der Waals surface area contributed by atoms with E-state index in [-0.39, 0.29) is 11.6 Å². The lowest BCUT2D eigenvalue weighted by Crippen LogP contribution is -2.09. The van der Waals surface area contributed by atoms with E-state index in [2.05, 4.69) is 18.3 Å². The zero-order chi connectivity index (χ0) is 13.8. The maximum atomic E-state index is 10.9. The summed E-state index contributed by atoms with van der Waals surface area (Å²) in [7, 11) is 0. The smallest absolute Gasteiger partial charge is 0.335 e. The highest BCUT2D eigenvalue weighted by Gasteiger charge is 2.13.